The van der Waals surface area contributed by atoms with Crippen molar-refractivity contribution in [2.75, 3.05) is 25.0 Å². The van der Waals surface area contributed by atoms with E-state index in [4.69, 9.17) is 11.2 Å². The van der Waals surface area contributed by atoms with Gasteiger partial charge in [0.2, 0.25) is 10.0 Å². The highest BCUT2D eigenvalue weighted by atomic mass is 32.2. The molecule has 1 heterocycles. The Morgan fingerprint density at radius 3 is 2.41 bits per heavy atom. The van der Waals surface area contributed by atoms with Gasteiger partial charge in [-0.2, -0.15) is 4.31 Å². The Morgan fingerprint density at radius 1 is 1.13 bits per heavy atom. The average molecular weight is 549 g/mol. The molecule has 2 aromatic carbocycles. The number of ether oxygens (including phenoxy) is 1. The topological polar surface area (TPSA) is 75.7 Å². The second-order valence-corrected chi connectivity index (χ2v) is 15.3. The Kier molecular flexibility index (Phi) is 6.67. The van der Waals surface area contributed by atoms with E-state index in [0.29, 0.717) is 35.5 Å². The molecule has 39 heavy (non-hydrogen) atoms. The molecule has 1 amide bonds. The maximum absolute atomic E-state index is 14.0. The van der Waals surface area contributed by atoms with Crippen LogP contribution in [0.2, 0.25) is 0 Å². The van der Waals surface area contributed by atoms with Gasteiger partial charge in [0.05, 0.1) is 4.90 Å². The molecule has 1 N–H and O–H groups in total. The van der Waals surface area contributed by atoms with Crippen molar-refractivity contribution in [3.8, 4) is 12.3 Å². The fraction of sp³-hybridized carbons (Fsp3) is 0.531. The van der Waals surface area contributed by atoms with Crippen LogP contribution in [-0.4, -0.2) is 38.5 Å². The highest BCUT2D eigenvalue weighted by molar-refractivity contribution is 7.89. The fourth-order valence-corrected chi connectivity index (χ4v) is 9.15. The van der Waals surface area contributed by atoms with Crippen LogP contribution in [0.3, 0.4) is 0 Å². The summed E-state index contributed by atoms with van der Waals surface area (Å²) in [7, 11) is -3.70. The van der Waals surface area contributed by atoms with E-state index in [0.717, 1.165) is 29.5 Å². The average Bonchev–Trinajstić information content (AvgIpc) is 3.28. The number of hydrogen-bond acceptors (Lipinski definition) is 4. The molecule has 0 radical (unpaired) electrons. The molecule has 3 aliphatic carbocycles. The van der Waals surface area contributed by atoms with Crippen molar-refractivity contribution in [1.29, 1.82) is 0 Å². The molecule has 7 heteroatoms. The van der Waals surface area contributed by atoms with E-state index < -0.39 is 21.5 Å². The second-order valence-electron chi connectivity index (χ2n) is 13.4. The Labute approximate surface area is 233 Å². The van der Waals surface area contributed by atoms with Crippen molar-refractivity contribution in [3.05, 3.63) is 59.2 Å². The predicted octanol–water partition coefficient (Wildman–Crippen LogP) is 6.20. The van der Waals surface area contributed by atoms with Crippen molar-refractivity contribution in [2.45, 2.75) is 64.7 Å². The molecule has 2 aromatic rings. The SMILES string of the molecule is C#Cc1ccc(NC(=O)OC[C@]23CN(S(=O)(=O)c4ccc(C(C)(C)C)cc4C)C[C@H]2C[C@H]2C[C@@H]3C2(C)C)cc1. The fourth-order valence-electron chi connectivity index (χ4n) is 7.38. The number of terminal acetylenes is 1. The number of carbonyl (C=O) groups is 1. The van der Waals surface area contributed by atoms with Gasteiger partial charge >= 0.3 is 6.09 Å². The summed E-state index contributed by atoms with van der Waals surface area (Å²) in [6.07, 6.45) is 6.89. The zero-order chi connectivity index (χ0) is 28.4. The van der Waals surface area contributed by atoms with Crippen molar-refractivity contribution in [2.24, 2.45) is 28.6 Å². The third-order valence-corrected chi connectivity index (χ3v) is 11.8. The largest absolute Gasteiger partial charge is 0.449 e. The van der Waals surface area contributed by atoms with Gasteiger partial charge in [-0.1, -0.05) is 52.7 Å². The maximum Gasteiger partial charge on any atom is 0.411 e. The van der Waals surface area contributed by atoms with Gasteiger partial charge in [-0.05, 0) is 89.8 Å². The minimum Gasteiger partial charge on any atom is -0.449 e. The Morgan fingerprint density at radius 2 is 1.82 bits per heavy atom. The molecular weight excluding hydrogens is 508 g/mol. The monoisotopic (exact) mass is 548 g/mol. The number of sulfonamides is 1. The minimum atomic E-state index is -3.70. The summed E-state index contributed by atoms with van der Waals surface area (Å²) in [5.41, 5.74) is 2.83. The lowest BCUT2D eigenvalue weighted by molar-refractivity contribution is -0.186. The summed E-state index contributed by atoms with van der Waals surface area (Å²) in [6, 6.07) is 12.7. The van der Waals surface area contributed by atoms with Gasteiger partial charge in [-0.25, -0.2) is 13.2 Å². The van der Waals surface area contributed by atoms with Crippen molar-refractivity contribution >= 4 is 21.8 Å². The first-order valence-corrected chi connectivity index (χ1v) is 15.2. The standard InChI is InChI=1S/C32H40N2O4S/c1-8-22-9-12-26(13-10-22)33-29(35)38-20-32-19-34(18-25(32)16-24-17-28(32)31(24,6)7)39(36,37)27-14-11-23(15-21(27)2)30(3,4)5/h1,9-15,24-25,28H,16-20H2,2-7H3,(H,33,35)/t24-,25+,28+,32+/m0/s1. The van der Waals surface area contributed by atoms with Crippen LogP contribution in [0.1, 0.15) is 64.2 Å². The molecule has 0 spiro atoms. The molecule has 2 bridgehead atoms. The van der Waals surface area contributed by atoms with Crippen LogP contribution in [0.25, 0.3) is 0 Å². The number of rotatable bonds is 5. The van der Waals surface area contributed by atoms with E-state index in [9.17, 15) is 13.2 Å². The summed E-state index contributed by atoms with van der Waals surface area (Å²) < 4.78 is 35.5. The number of amides is 1. The molecule has 6 rings (SSSR count). The zero-order valence-electron chi connectivity index (χ0n) is 23.9. The van der Waals surface area contributed by atoms with Gasteiger partial charge in [0.15, 0.2) is 0 Å². The van der Waals surface area contributed by atoms with E-state index in [1.807, 2.05) is 19.1 Å². The van der Waals surface area contributed by atoms with Crippen LogP contribution in [0.4, 0.5) is 10.5 Å². The summed E-state index contributed by atoms with van der Waals surface area (Å²) in [6.45, 7) is 13.8. The lowest BCUT2D eigenvalue weighted by atomic mass is 9.39. The van der Waals surface area contributed by atoms with Gasteiger partial charge < -0.3 is 4.74 Å². The Bertz CT molecular complexity index is 1430. The third-order valence-electron chi connectivity index (χ3n) is 9.87. The van der Waals surface area contributed by atoms with Gasteiger partial charge in [0.25, 0.3) is 0 Å². The van der Waals surface area contributed by atoms with Gasteiger partial charge in [0, 0.05) is 29.8 Å². The third kappa shape index (κ3) is 4.66. The molecule has 208 valence electrons. The van der Waals surface area contributed by atoms with Gasteiger partial charge in [-0.15, -0.1) is 6.42 Å². The van der Waals surface area contributed by atoms with Crippen molar-refractivity contribution in [3.63, 3.8) is 0 Å². The number of anilines is 1. The smallest absolute Gasteiger partial charge is 0.411 e. The van der Waals surface area contributed by atoms with Gasteiger partial charge in [-0.3, -0.25) is 5.32 Å². The quantitative estimate of drug-likeness (QED) is 0.452. The summed E-state index contributed by atoms with van der Waals surface area (Å²) in [5.74, 6) is 3.58. The summed E-state index contributed by atoms with van der Waals surface area (Å²) in [5, 5.41) is 2.79. The first-order chi connectivity index (χ1) is 18.2. The number of aryl methyl sites for hydroxylation is 1. The zero-order valence-corrected chi connectivity index (χ0v) is 24.7. The van der Waals surface area contributed by atoms with Crippen molar-refractivity contribution in [1.82, 2.24) is 4.31 Å². The Balaban J connectivity index is 1.38. The molecular formula is C32H40N2O4S. The van der Waals surface area contributed by atoms with Crippen LogP contribution in [0.5, 0.6) is 0 Å². The lowest BCUT2D eigenvalue weighted by Crippen LogP contribution is -2.63. The summed E-state index contributed by atoms with van der Waals surface area (Å²) in [4.78, 5) is 13.2. The van der Waals surface area contributed by atoms with Crippen LogP contribution < -0.4 is 5.32 Å². The normalized spacial score (nSPS) is 27.7. The van der Waals surface area contributed by atoms with Gasteiger partial charge in [0.1, 0.15) is 6.61 Å². The molecule has 4 aliphatic rings. The molecule has 4 fully saturated rings. The summed E-state index contributed by atoms with van der Waals surface area (Å²) >= 11 is 0. The van der Waals surface area contributed by atoms with E-state index in [1.54, 1.807) is 34.6 Å². The van der Waals surface area contributed by atoms with Crippen LogP contribution in [0.15, 0.2) is 47.4 Å². The predicted molar refractivity (Wildman–Crippen MR) is 154 cm³/mol. The molecule has 1 aliphatic heterocycles. The molecule has 4 atom stereocenters. The van der Waals surface area contributed by atoms with E-state index in [2.05, 4.69) is 45.9 Å². The number of carbonyl (C=O) groups excluding carboxylic acids is 1. The van der Waals surface area contributed by atoms with E-state index in [-0.39, 0.29) is 23.4 Å². The highest BCUT2D eigenvalue weighted by Crippen LogP contribution is 2.70. The minimum absolute atomic E-state index is 0.0620. The van der Waals surface area contributed by atoms with Crippen LogP contribution in [-0.2, 0) is 20.2 Å². The lowest BCUT2D eigenvalue weighted by Gasteiger charge is -2.66. The first kappa shape index (κ1) is 27.7. The molecule has 0 unspecified atom stereocenters. The first-order valence-electron chi connectivity index (χ1n) is 13.8. The van der Waals surface area contributed by atoms with Crippen LogP contribution >= 0.6 is 0 Å². The van der Waals surface area contributed by atoms with Crippen molar-refractivity contribution < 1.29 is 17.9 Å². The number of nitrogens with one attached hydrogen (secondary N) is 1. The Hall–Kier alpha value is -2.82. The highest BCUT2D eigenvalue weighted by Gasteiger charge is 2.68. The van der Waals surface area contributed by atoms with E-state index >= 15 is 0 Å². The van der Waals surface area contributed by atoms with E-state index in [1.165, 1.54) is 0 Å². The number of benzene rings is 2. The molecule has 6 nitrogen and oxygen atoms in total. The number of hydrogen-bond donors (Lipinski definition) is 1. The molecule has 1 saturated heterocycles. The van der Waals surface area contributed by atoms with Crippen LogP contribution in [0, 0.1) is 47.9 Å². The molecule has 0 aromatic heterocycles. The number of nitrogens with zero attached hydrogens (tertiary/aromatic N) is 1. The molecule has 3 saturated carbocycles. The second kappa shape index (κ2) is 9.38. The maximum atomic E-state index is 14.0.